The van der Waals surface area contributed by atoms with E-state index in [4.69, 9.17) is 0 Å². The van der Waals surface area contributed by atoms with Gasteiger partial charge >= 0.3 is 48.0 Å². The van der Waals surface area contributed by atoms with Crippen LogP contribution in [0.15, 0.2) is 18.2 Å². The number of hydrogen-bond donors (Lipinski definition) is 0. The van der Waals surface area contributed by atoms with Gasteiger partial charge in [0.05, 0.1) is 7.11 Å². The van der Waals surface area contributed by atoms with Gasteiger partial charge in [-0.2, -0.15) is 61.5 Å². The van der Waals surface area contributed by atoms with Crippen molar-refractivity contribution in [2.75, 3.05) is 7.11 Å². The first kappa shape index (κ1) is 30.0. The fourth-order valence-electron chi connectivity index (χ4n) is 1.91. The van der Waals surface area contributed by atoms with Crippen molar-refractivity contribution in [2.24, 2.45) is 0 Å². The van der Waals surface area contributed by atoms with Crippen LogP contribution in [-0.2, 0) is 20.9 Å². The fourth-order valence-corrected chi connectivity index (χ4v) is 1.91. The van der Waals surface area contributed by atoms with Crippen molar-refractivity contribution in [1.82, 2.24) is 0 Å². The number of esters is 2. The average molecular weight is 546 g/mol. The molecule has 200 valence electrons. The lowest BCUT2D eigenvalue weighted by Gasteiger charge is -2.26. The molecule has 1 aromatic carbocycles. The van der Waals surface area contributed by atoms with E-state index in [0.29, 0.717) is 12.1 Å². The third-order valence-electron chi connectivity index (χ3n) is 3.81. The maximum Gasteiger partial charge on any atom is 0.460 e. The quantitative estimate of drug-likeness (QED) is 0.252. The van der Waals surface area contributed by atoms with Gasteiger partial charge < -0.3 is 14.2 Å². The Morgan fingerprint density at radius 2 is 1.11 bits per heavy atom. The highest BCUT2D eigenvalue weighted by Gasteiger charge is 2.78. The molecule has 0 amide bonds. The molecule has 0 saturated heterocycles. The molecule has 1 rings (SSSR count). The highest BCUT2D eigenvalue weighted by atomic mass is 19.4. The molecule has 0 unspecified atom stereocenters. The summed E-state index contributed by atoms with van der Waals surface area (Å²) in [5.41, 5.74) is -0.793. The molecular formula is C16H8F14O5. The molecule has 0 spiro atoms. The lowest BCUT2D eigenvalue weighted by atomic mass is 10.1. The van der Waals surface area contributed by atoms with Crippen molar-refractivity contribution in [3.63, 3.8) is 0 Å². The van der Waals surface area contributed by atoms with Crippen LogP contribution in [0.3, 0.4) is 0 Å². The van der Waals surface area contributed by atoms with Crippen LogP contribution in [0.5, 0.6) is 11.5 Å². The first-order chi connectivity index (χ1) is 15.4. The van der Waals surface area contributed by atoms with Gasteiger partial charge in [0.1, 0.15) is 6.61 Å². The number of methoxy groups -OCH3 is 1. The molecule has 0 heterocycles. The second kappa shape index (κ2) is 9.21. The van der Waals surface area contributed by atoms with E-state index in [1.165, 1.54) is 0 Å². The summed E-state index contributed by atoms with van der Waals surface area (Å²) in [7, 11) is 0.731. The Bertz CT molecular complexity index is 951. The van der Waals surface area contributed by atoms with E-state index < -0.39 is 71.7 Å². The second-order valence-electron chi connectivity index (χ2n) is 6.24. The van der Waals surface area contributed by atoms with Gasteiger partial charge in [-0.15, -0.1) is 0 Å². The zero-order valence-electron chi connectivity index (χ0n) is 16.3. The minimum absolute atomic E-state index is 0.200. The van der Waals surface area contributed by atoms with E-state index >= 15 is 0 Å². The number of carbonyl (C=O) groups is 2. The van der Waals surface area contributed by atoms with Gasteiger partial charge in [-0.05, 0) is 17.7 Å². The standard InChI is InChI=1S/C16H8F14O5/c1-33-7-3-2-6(5-34-9(31)11(17,18)13(21,22)15(25,26)27)4-8(7)35-10(32)12(19,20)14(23,24)16(28,29)30/h2-4H,5H2,1H3. The minimum Gasteiger partial charge on any atom is -0.493 e. The lowest BCUT2D eigenvalue weighted by Crippen LogP contribution is -2.57. The van der Waals surface area contributed by atoms with Crippen LogP contribution in [0.25, 0.3) is 0 Å². The summed E-state index contributed by atoms with van der Waals surface area (Å²) in [6, 6.07) is 1.41. The van der Waals surface area contributed by atoms with E-state index in [2.05, 4.69) is 14.2 Å². The average Bonchev–Trinajstić information content (AvgIpc) is 2.69. The van der Waals surface area contributed by atoms with Crippen LogP contribution < -0.4 is 9.47 Å². The minimum atomic E-state index is -6.92. The highest BCUT2D eigenvalue weighted by Crippen LogP contribution is 2.48. The summed E-state index contributed by atoms with van der Waals surface area (Å²) >= 11 is 0. The van der Waals surface area contributed by atoms with Crippen molar-refractivity contribution < 1.29 is 85.3 Å². The molecule has 0 aromatic heterocycles. The zero-order valence-corrected chi connectivity index (χ0v) is 16.3. The Hall–Kier alpha value is -3.02. The van der Waals surface area contributed by atoms with Crippen LogP contribution in [0.1, 0.15) is 5.56 Å². The second-order valence-corrected chi connectivity index (χ2v) is 6.24. The lowest BCUT2D eigenvalue weighted by molar-refractivity contribution is -0.348. The molecule has 0 aliphatic heterocycles. The summed E-state index contributed by atoms with van der Waals surface area (Å²) in [6.07, 6.45) is -13.8. The molecule has 0 N–H and O–H groups in total. The van der Waals surface area contributed by atoms with Crippen LogP contribution in [0, 0.1) is 0 Å². The monoisotopic (exact) mass is 546 g/mol. The predicted octanol–water partition coefficient (Wildman–Crippen LogP) is 5.31. The SMILES string of the molecule is COc1ccc(COC(=O)C(F)(F)C(F)(F)C(F)(F)F)cc1OC(=O)C(F)(F)C(F)(F)C(F)(F)F. The number of rotatable bonds is 8. The maximum atomic E-state index is 13.4. The fraction of sp³-hybridized carbons (Fsp3) is 0.500. The topological polar surface area (TPSA) is 61.8 Å². The predicted molar refractivity (Wildman–Crippen MR) is 80.3 cm³/mol. The Labute approximate surface area is 183 Å². The first-order valence-electron chi connectivity index (χ1n) is 8.16. The number of ether oxygens (including phenoxy) is 3. The Kier molecular flexibility index (Phi) is 7.90. The molecular weight excluding hydrogens is 538 g/mol. The summed E-state index contributed by atoms with van der Waals surface area (Å²) in [6.45, 7) is -1.62. The summed E-state index contributed by atoms with van der Waals surface area (Å²) in [5, 5.41) is 0. The van der Waals surface area contributed by atoms with Crippen molar-refractivity contribution in [2.45, 2.75) is 42.6 Å². The van der Waals surface area contributed by atoms with Gasteiger partial charge in [0.2, 0.25) is 0 Å². The van der Waals surface area contributed by atoms with E-state index in [9.17, 15) is 71.1 Å². The molecule has 0 fully saturated rings. The van der Waals surface area contributed by atoms with E-state index in [-0.39, 0.29) is 6.07 Å². The number of halogens is 14. The molecule has 19 heteroatoms. The molecule has 0 saturated carbocycles. The van der Waals surface area contributed by atoms with Crippen LogP contribution in [0.2, 0.25) is 0 Å². The van der Waals surface area contributed by atoms with Gasteiger partial charge in [-0.1, -0.05) is 6.07 Å². The van der Waals surface area contributed by atoms with Gasteiger partial charge in [0.25, 0.3) is 0 Å². The third kappa shape index (κ3) is 5.47. The van der Waals surface area contributed by atoms with Gasteiger partial charge in [0.15, 0.2) is 11.5 Å². The number of benzene rings is 1. The molecule has 1 aromatic rings. The van der Waals surface area contributed by atoms with Crippen molar-refractivity contribution in [3.8, 4) is 11.5 Å². The number of hydrogen-bond acceptors (Lipinski definition) is 5. The van der Waals surface area contributed by atoms with Crippen molar-refractivity contribution in [1.29, 1.82) is 0 Å². The Balaban J connectivity index is 3.17. The molecule has 0 bridgehead atoms. The molecule has 0 aliphatic carbocycles. The molecule has 0 radical (unpaired) electrons. The molecule has 5 nitrogen and oxygen atoms in total. The molecule has 35 heavy (non-hydrogen) atoms. The van der Waals surface area contributed by atoms with Gasteiger partial charge in [-0.3, -0.25) is 0 Å². The van der Waals surface area contributed by atoms with Crippen LogP contribution in [-0.4, -0.2) is 55.1 Å². The number of carbonyl (C=O) groups excluding carboxylic acids is 2. The zero-order chi connectivity index (χ0) is 27.8. The smallest absolute Gasteiger partial charge is 0.460 e. The van der Waals surface area contributed by atoms with E-state index in [1.807, 2.05) is 0 Å². The largest absolute Gasteiger partial charge is 0.493 e. The van der Waals surface area contributed by atoms with Crippen LogP contribution in [0.4, 0.5) is 61.5 Å². The van der Waals surface area contributed by atoms with Crippen LogP contribution >= 0.6 is 0 Å². The first-order valence-corrected chi connectivity index (χ1v) is 8.16. The summed E-state index contributed by atoms with van der Waals surface area (Å²) in [4.78, 5) is 22.4. The number of alkyl halides is 14. The molecule has 0 atom stereocenters. The highest BCUT2D eigenvalue weighted by molar-refractivity contribution is 5.82. The Morgan fingerprint density at radius 1 is 0.686 bits per heavy atom. The molecule has 0 aliphatic rings. The summed E-state index contributed by atoms with van der Waals surface area (Å²) < 4.78 is 189. The Morgan fingerprint density at radius 3 is 1.51 bits per heavy atom. The van der Waals surface area contributed by atoms with E-state index in [0.717, 1.165) is 7.11 Å². The third-order valence-corrected chi connectivity index (χ3v) is 3.81. The normalized spacial score (nSPS) is 13.9. The summed E-state index contributed by atoms with van der Waals surface area (Å²) in [5.74, 6) is -35.9. The van der Waals surface area contributed by atoms with Gasteiger partial charge in [-0.25, -0.2) is 9.59 Å². The maximum absolute atomic E-state index is 13.4. The van der Waals surface area contributed by atoms with E-state index in [1.54, 1.807) is 0 Å². The van der Waals surface area contributed by atoms with Crippen molar-refractivity contribution >= 4 is 11.9 Å². The van der Waals surface area contributed by atoms with Gasteiger partial charge in [0, 0.05) is 0 Å². The van der Waals surface area contributed by atoms with Crippen molar-refractivity contribution in [3.05, 3.63) is 23.8 Å².